The summed E-state index contributed by atoms with van der Waals surface area (Å²) in [6.45, 7) is 9.04. The number of anilines is 2. The van der Waals surface area contributed by atoms with Crippen molar-refractivity contribution in [2.45, 2.75) is 39.8 Å². The largest absolute Gasteiger partial charge is 0.461 e. The van der Waals surface area contributed by atoms with Crippen LogP contribution in [0.2, 0.25) is 0 Å². The number of carbonyl (C=O) groups excluding carboxylic acids is 2. The quantitative estimate of drug-likeness (QED) is 0.624. The second-order valence-corrected chi connectivity index (χ2v) is 7.32. The number of rotatable bonds is 9. The standard InChI is InChI=1S/C24H30N4O3/c1-4-27(5-2)17-18-11-10-12-19(15-18)25-23(29)22-16-21(24(30)31-6-3)26-28(22)20-13-8-7-9-14-20/h7-15,22H,4-6,16-17H2,1-3H3,(H,25,29). The molecule has 1 heterocycles. The number of ether oxygens (including phenoxy) is 1. The number of amides is 1. The maximum Gasteiger partial charge on any atom is 0.354 e. The molecule has 164 valence electrons. The summed E-state index contributed by atoms with van der Waals surface area (Å²) in [6.07, 6.45) is 0.193. The molecule has 1 unspecified atom stereocenters. The highest BCUT2D eigenvalue weighted by Gasteiger charge is 2.36. The zero-order chi connectivity index (χ0) is 22.2. The molecule has 2 aromatic carbocycles. The number of para-hydroxylation sites is 1. The summed E-state index contributed by atoms with van der Waals surface area (Å²) < 4.78 is 5.10. The minimum Gasteiger partial charge on any atom is -0.461 e. The van der Waals surface area contributed by atoms with E-state index in [-0.39, 0.29) is 24.6 Å². The molecule has 0 bridgehead atoms. The second kappa shape index (κ2) is 10.7. The first-order valence-corrected chi connectivity index (χ1v) is 10.8. The first-order valence-electron chi connectivity index (χ1n) is 10.8. The van der Waals surface area contributed by atoms with E-state index < -0.39 is 12.0 Å². The van der Waals surface area contributed by atoms with Crippen molar-refractivity contribution >= 4 is 29.0 Å². The smallest absolute Gasteiger partial charge is 0.354 e. The van der Waals surface area contributed by atoms with Crippen LogP contribution in [0.5, 0.6) is 0 Å². The van der Waals surface area contributed by atoms with Crippen LogP contribution in [-0.4, -0.2) is 48.2 Å². The Morgan fingerprint density at radius 3 is 2.52 bits per heavy atom. The maximum absolute atomic E-state index is 13.2. The lowest BCUT2D eigenvalue weighted by molar-refractivity contribution is -0.135. The minimum absolute atomic E-state index is 0.193. The van der Waals surface area contributed by atoms with Crippen LogP contribution < -0.4 is 10.3 Å². The summed E-state index contributed by atoms with van der Waals surface area (Å²) in [5.74, 6) is -0.702. The first kappa shape index (κ1) is 22.5. The number of carbonyl (C=O) groups is 2. The molecule has 3 rings (SSSR count). The topological polar surface area (TPSA) is 74.2 Å². The van der Waals surface area contributed by atoms with Crippen molar-refractivity contribution in [3.05, 3.63) is 60.2 Å². The number of hydrazone groups is 1. The summed E-state index contributed by atoms with van der Waals surface area (Å²) in [5.41, 5.74) is 2.86. The van der Waals surface area contributed by atoms with Crippen molar-refractivity contribution in [2.75, 3.05) is 30.0 Å². The van der Waals surface area contributed by atoms with Crippen LogP contribution in [0.4, 0.5) is 11.4 Å². The average Bonchev–Trinajstić information content (AvgIpc) is 3.24. The van der Waals surface area contributed by atoms with Gasteiger partial charge in [0.25, 0.3) is 0 Å². The molecule has 31 heavy (non-hydrogen) atoms. The maximum atomic E-state index is 13.2. The molecule has 0 spiro atoms. The SMILES string of the molecule is CCOC(=O)C1=NN(c2ccccc2)C(C(=O)Nc2cccc(CN(CC)CC)c2)C1. The Morgan fingerprint density at radius 2 is 1.84 bits per heavy atom. The van der Waals surface area contributed by atoms with Gasteiger partial charge in [0.2, 0.25) is 5.91 Å². The van der Waals surface area contributed by atoms with Crippen LogP contribution in [-0.2, 0) is 20.9 Å². The van der Waals surface area contributed by atoms with Crippen LogP contribution >= 0.6 is 0 Å². The Labute approximate surface area is 183 Å². The van der Waals surface area contributed by atoms with E-state index in [0.717, 1.165) is 36.6 Å². The molecule has 7 heteroatoms. The fraction of sp³-hybridized carbons (Fsp3) is 0.375. The van der Waals surface area contributed by atoms with Gasteiger partial charge in [-0.05, 0) is 49.8 Å². The zero-order valence-electron chi connectivity index (χ0n) is 18.4. The monoisotopic (exact) mass is 422 g/mol. The number of hydrogen-bond acceptors (Lipinski definition) is 6. The van der Waals surface area contributed by atoms with Crippen LogP contribution in [0.3, 0.4) is 0 Å². The van der Waals surface area contributed by atoms with E-state index in [0.29, 0.717) is 0 Å². The first-order chi connectivity index (χ1) is 15.0. The van der Waals surface area contributed by atoms with Crippen LogP contribution in [0.15, 0.2) is 59.7 Å². The summed E-state index contributed by atoms with van der Waals surface area (Å²) in [7, 11) is 0. The molecule has 1 aliphatic heterocycles. The van der Waals surface area contributed by atoms with Crippen molar-refractivity contribution in [3.63, 3.8) is 0 Å². The fourth-order valence-corrected chi connectivity index (χ4v) is 3.55. The highest BCUT2D eigenvalue weighted by atomic mass is 16.5. The molecule has 0 fully saturated rings. The molecule has 1 aliphatic rings. The van der Waals surface area contributed by atoms with Crippen molar-refractivity contribution in [3.8, 4) is 0 Å². The third-order valence-electron chi connectivity index (χ3n) is 5.24. The van der Waals surface area contributed by atoms with E-state index in [9.17, 15) is 9.59 Å². The van der Waals surface area contributed by atoms with Gasteiger partial charge in [-0.3, -0.25) is 14.7 Å². The predicted molar refractivity (Wildman–Crippen MR) is 123 cm³/mol. The Bertz CT molecular complexity index is 925. The van der Waals surface area contributed by atoms with Gasteiger partial charge in [0.05, 0.1) is 12.3 Å². The van der Waals surface area contributed by atoms with Crippen molar-refractivity contribution < 1.29 is 14.3 Å². The van der Waals surface area contributed by atoms with Gasteiger partial charge in [-0.1, -0.05) is 44.2 Å². The summed E-state index contributed by atoms with van der Waals surface area (Å²) in [5, 5.41) is 9.01. The van der Waals surface area contributed by atoms with Gasteiger partial charge in [0.1, 0.15) is 11.8 Å². The van der Waals surface area contributed by atoms with E-state index in [1.54, 1.807) is 11.9 Å². The summed E-state index contributed by atoms with van der Waals surface area (Å²) in [4.78, 5) is 27.7. The third-order valence-corrected chi connectivity index (χ3v) is 5.24. The summed E-state index contributed by atoms with van der Waals surface area (Å²) >= 11 is 0. The van der Waals surface area contributed by atoms with Crippen LogP contribution in [0.25, 0.3) is 0 Å². The highest BCUT2D eigenvalue weighted by molar-refractivity contribution is 6.38. The molecule has 0 saturated heterocycles. The highest BCUT2D eigenvalue weighted by Crippen LogP contribution is 2.26. The van der Waals surface area contributed by atoms with Gasteiger partial charge in [-0.2, -0.15) is 5.10 Å². The Morgan fingerprint density at radius 1 is 1.10 bits per heavy atom. The molecule has 0 radical (unpaired) electrons. The predicted octanol–water partition coefficient (Wildman–Crippen LogP) is 3.66. The van der Waals surface area contributed by atoms with E-state index in [2.05, 4.69) is 35.2 Å². The van der Waals surface area contributed by atoms with Crippen LogP contribution in [0.1, 0.15) is 32.8 Å². The number of benzene rings is 2. The molecule has 1 atom stereocenters. The fourth-order valence-electron chi connectivity index (χ4n) is 3.55. The van der Waals surface area contributed by atoms with Gasteiger partial charge < -0.3 is 10.1 Å². The molecule has 2 aromatic rings. The van der Waals surface area contributed by atoms with E-state index in [4.69, 9.17) is 4.74 Å². The van der Waals surface area contributed by atoms with E-state index in [1.165, 1.54) is 0 Å². The molecular weight excluding hydrogens is 392 g/mol. The molecule has 0 aromatic heterocycles. The van der Waals surface area contributed by atoms with Crippen molar-refractivity contribution in [1.82, 2.24) is 4.90 Å². The molecule has 0 saturated carbocycles. The normalized spacial score (nSPS) is 15.7. The molecule has 1 amide bonds. The van der Waals surface area contributed by atoms with Gasteiger partial charge in [-0.25, -0.2) is 4.79 Å². The molecule has 1 N–H and O–H groups in total. The average molecular weight is 423 g/mol. The summed E-state index contributed by atoms with van der Waals surface area (Å²) in [6, 6.07) is 16.6. The van der Waals surface area contributed by atoms with Crippen molar-refractivity contribution in [2.24, 2.45) is 5.10 Å². The van der Waals surface area contributed by atoms with E-state index >= 15 is 0 Å². The second-order valence-electron chi connectivity index (χ2n) is 7.32. The third kappa shape index (κ3) is 5.70. The lowest BCUT2D eigenvalue weighted by Crippen LogP contribution is -2.38. The zero-order valence-corrected chi connectivity index (χ0v) is 18.4. The van der Waals surface area contributed by atoms with E-state index in [1.807, 2.05) is 48.5 Å². The Balaban J connectivity index is 1.77. The Hall–Kier alpha value is -3.19. The number of nitrogens with zero attached hydrogens (tertiary/aromatic N) is 3. The number of esters is 1. The van der Waals surface area contributed by atoms with Gasteiger partial charge in [-0.15, -0.1) is 0 Å². The van der Waals surface area contributed by atoms with Crippen LogP contribution in [0, 0.1) is 0 Å². The van der Waals surface area contributed by atoms with Gasteiger partial charge in [0, 0.05) is 18.7 Å². The minimum atomic E-state index is -0.631. The molecular formula is C24H30N4O3. The van der Waals surface area contributed by atoms with Crippen molar-refractivity contribution in [1.29, 1.82) is 0 Å². The lowest BCUT2D eigenvalue weighted by Gasteiger charge is -2.23. The van der Waals surface area contributed by atoms with Gasteiger partial charge >= 0.3 is 5.97 Å². The number of nitrogens with one attached hydrogen (secondary N) is 1. The molecule has 7 nitrogen and oxygen atoms in total. The lowest BCUT2D eigenvalue weighted by atomic mass is 10.1. The Kier molecular flexibility index (Phi) is 7.78. The van der Waals surface area contributed by atoms with Gasteiger partial charge in [0.15, 0.2) is 0 Å². The number of hydrogen-bond donors (Lipinski definition) is 1. The molecule has 0 aliphatic carbocycles.